The van der Waals surface area contributed by atoms with Gasteiger partial charge in [-0.1, -0.05) is 0 Å². The summed E-state index contributed by atoms with van der Waals surface area (Å²) in [6, 6.07) is 2.76. The zero-order chi connectivity index (χ0) is 11.3. The molecule has 0 unspecified atom stereocenters. The van der Waals surface area contributed by atoms with Gasteiger partial charge in [0.2, 0.25) is 0 Å². The van der Waals surface area contributed by atoms with E-state index < -0.39 is 12.6 Å². The summed E-state index contributed by atoms with van der Waals surface area (Å²) in [4.78, 5) is 14.7. The lowest BCUT2D eigenvalue weighted by molar-refractivity contribution is -0.140. The number of nitrogens with zero attached hydrogens (tertiary/aromatic N) is 1. The van der Waals surface area contributed by atoms with Crippen LogP contribution in [0.3, 0.4) is 0 Å². The van der Waals surface area contributed by atoms with Gasteiger partial charge in [-0.15, -0.1) is 0 Å². The third-order valence-electron chi connectivity index (χ3n) is 1.60. The summed E-state index contributed by atoms with van der Waals surface area (Å²) in [6.45, 7) is -2.94. The Morgan fingerprint density at radius 1 is 1.60 bits per heavy atom. The first-order valence-electron chi connectivity index (χ1n) is 4.09. The molecule has 0 radical (unpaired) electrons. The number of halogens is 2. The lowest BCUT2D eigenvalue weighted by Crippen LogP contribution is -2.10. The highest BCUT2D eigenvalue weighted by Crippen LogP contribution is 2.18. The van der Waals surface area contributed by atoms with Gasteiger partial charge in [0.25, 0.3) is 0 Å². The van der Waals surface area contributed by atoms with Gasteiger partial charge in [0.05, 0.1) is 19.2 Å². The first-order valence-corrected chi connectivity index (χ1v) is 4.09. The predicted octanol–water partition coefficient (Wildman–Crippen LogP) is 1.40. The standard InChI is InChI=1S/C9H9F2NO3/c1-14-8(13)5-6-7(15-9(10)11)3-2-4-12-6/h2-4,9H,5H2,1H3. The largest absolute Gasteiger partial charge is 0.469 e. The number of hydrogen-bond donors (Lipinski definition) is 0. The second-order valence-corrected chi connectivity index (χ2v) is 2.58. The van der Waals surface area contributed by atoms with Gasteiger partial charge in [-0.2, -0.15) is 8.78 Å². The van der Waals surface area contributed by atoms with Crippen molar-refractivity contribution in [3.05, 3.63) is 24.0 Å². The van der Waals surface area contributed by atoms with Gasteiger partial charge in [0.15, 0.2) is 0 Å². The molecule has 15 heavy (non-hydrogen) atoms. The highest BCUT2D eigenvalue weighted by atomic mass is 19.3. The average Bonchev–Trinajstić information content (AvgIpc) is 2.20. The van der Waals surface area contributed by atoms with Crippen molar-refractivity contribution in [3.8, 4) is 5.75 Å². The van der Waals surface area contributed by atoms with Crippen molar-refractivity contribution in [1.29, 1.82) is 0 Å². The SMILES string of the molecule is COC(=O)Cc1ncccc1OC(F)F. The molecule has 82 valence electrons. The fourth-order valence-corrected chi connectivity index (χ4v) is 0.968. The fourth-order valence-electron chi connectivity index (χ4n) is 0.968. The molecule has 0 fully saturated rings. The van der Waals surface area contributed by atoms with Crippen LogP contribution in [0.2, 0.25) is 0 Å². The van der Waals surface area contributed by atoms with Crippen LogP contribution in [0, 0.1) is 0 Å². The summed E-state index contributed by atoms with van der Waals surface area (Å²) < 4.78 is 32.5. The Morgan fingerprint density at radius 2 is 2.33 bits per heavy atom. The number of pyridine rings is 1. The van der Waals surface area contributed by atoms with Crippen molar-refractivity contribution in [2.24, 2.45) is 0 Å². The van der Waals surface area contributed by atoms with E-state index in [1.54, 1.807) is 0 Å². The van der Waals surface area contributed by atoms with Gasteiger partial charge in [-0.05, 0) is 12.1 Å². The molecule has 0 aliphatic rings. The normalized spacial score (nSPS) is 10.1. The number of esters is 1. The van der Waals surface area contributed by atoms with Crippen molar-refractivity contribution in [1.82, 2.24) is 4.98 Å². The molecule has 0 bridgehead atoms. The highest BCUT2D eigenvalue weighted by molar-refractivity contribution is 5.72. The van der Waals surface area contributed by atoms with Crippen LogP contribution in [0.15, 0.2) is 18.3 Å². The summed E-state index contributed by atoms with van der Waals surface area (Å²) in [6.07, 6.45) is 1.19. The Bertz CT molecular complexity index is 344. The van der Waals surface area contributed by atoms with Crippen LogP contribution in [0.5, 0.6) is 5.75 Å². The Labute approximate surface area is 84.8 Å². The first-order chi connectivity index (χ1) is 7.13. The zero-order valence-electron chi connectivity index (χ0n) is 7.94. The second kappa shape index (κ2) is 5.23. The van der Waals surface area contributed by atoms with Crippen molar-refractivity contribution in [3.63, 3.8) is 0 Å². The Kier molecular flexibility index (Phi) is 3.96. The molecule has 1 aromatic rings. The van der Waals surface area contributed by atoms with Crippen LogP contribution in [-0.2, 0) is 16.0 Å². The maximum absolute atomic E-state index is 12.0. The summed E-state index contributed by atoms with van der Waals surface area (Å²) in [5.74, 6) is -0.675. The molecule has 6 heteroatoms. The van der Waals surface area contributed by atoms with Gasteiger partial charge in [-0.25, -0.2) is 0 Å². The molecule has 1 rings (SSSR count). The number of carbonyl (C=O) groups excluding carboxylic acids is 1. The molecule has 0 saturated heterocycles. The van der Waals surface area contributed by atoms with Crippen LogP contribution in [0.25, 0.3) is 0 Å². The van der Waals surface area contributed by atoms with E-state index in [-0.39, 0.29) is 17.9 Å². The monoisotopic (exact) mass is 217 g/mol. The predicted molar refractivity (Wildman–Crippen MR) is 46.6 cm³/mol. The van der Waals surface area contributed by atoms with E-state index in [0.717, 1.165) is 0 Å². The maximum atomic E-state index is 12.0. The number of ether oxygens (including phenoxy) is 2. The third-order valence-corrected chi connectivity index (χ3v) is 1.60. The van der Waals surface area contributed by atoms with Crippen molar-refractivity contribution in [2.75, 3.05) is 7.11 Å². The van der Waals surface area contributed by atoms with E-state index >= 15 is 0 Å². The van der Waals surface area contributed by atoms with Crippen molar-refractivity contribution in [2.45, 2.75) is 13.0 Å². The minimum atomic E-state index is -2.94. The summed E-state index contributed by atoms with van der Waals surface area (Å²) in [5.41, 5.74) is 0.129. The van der Waals surface area contributed by atoms with Gasteiger partial charge in [0, 0.05) is 6.20 Å². The second-order valence-electron chi connectivity index (χ2n) is 2.58. The molecule has 4 nitrogen and oxygen atoms in total. The van der Waals surface area contributed by atoms with Gasteiger partial charge < -0.3 is 9.47 Å². The van der Waals surface area contributed by atoms with Gasteiger partial charge in [0.1, 0.15) is 5.75 Å². The van der Waals surface area contributed by atoms with E-state index in [2.05, 4.69) is 14.5 Å². The van der Waals surface area contributed by atoms with Crippen molar-refractivity contribution < 1.29 is 23.0 Å². The number of methoxy groups -OCH3 is 1. The summed E-state index contributed by atoms with van der Waals surface area (Å²) in [5, 5.41) is 0. The number of hydrogen-bond acceptors (Lipinski definition) is 4. The van der Waals surface area contributed by atoms with E-state index in [1.807, 2.05) is 0 Å². The number of aromatic nitrogens is 1. The van der Waals surface area contributed by atoms with Crippen LogP contribution in [0.1, 0.15) is 5.69 Å². The Morgan fingerprint density at radius 3 is 2.93 bits per heavy atom. The van der Waals surface area contributed by atoms with Crippen LogP contribution < -0.4 is 4.74 Å². The van der Waals surface area contributed by atoms with Gasteiger partial charge in [-0.3, -0.25) is 9.78 Å². The topological polar surface area (TPSA) is 48.4 Å². The molecule has 0 atom stereocenters. The molecule has 0 amide bonds. The number of rotatable bonds is 4. The molecule has 1 heterocycles. The highest BCUT2D eigenvalue weighted by Gasteiger charge is 2.13. The van der Waals surface area contributed by atoms with E-state index in [9.17, 15) is 13.6 Å². The van der Waals surface area contributed by atoms with Crippen molar-refractivity contribution >= 4 is 5.97 Å². The lowest BCUT2D eigenvalue weighted by Gasteiger charge is -2.08. The number of carbonyl (C=O) groups is 1. The molecule has 0 N–H and O–H groups in total. The quantitative estimate of drug-likeness (QED) is 0.715. The number of alkyl halides is 2. The smallest absolute Gasteiger partial charge is 0.387 e. The van der Waals surface area contributed by atoms with E-state index in [4.69, 9.17) is 0 Å². The molecule has 0 aromatic carbocycles. The minimum absolute atomic E-state index is 0.113. The molecule has 1 aromatic heterocycles. The molecule has 0 saturated carbocycles. The third kappa shape index (κ3) is 3.49. The van der Waals surface area contributed by atoms with Crippen LogP contribution in [0.4, 0.5) is 8.78 Å². The van der Waals surface area contributed by atoms with Crippen LogP contribution >= 0.6 is 0 Å². The van der Waals surface area contributed by atoms with Crippen LogP contribution in [-0.4, -0.2) is 24.7 Å². The Hall–Kier alpha value is -1.72. The zero-order valence-corrected chi connectivity index (χ0v) is 7.94. The van der Waals surface area contributed by atoms with E-state index in [1.165, 1.54) is 25.4 Å². The average molecular weight is 217 g/mol. The molecule has 0 aliphatic heterocycles. The minimum Gasteiger partial charge on any atom is -0.469 e. The molecular weight excluding hydrogens is 208 g/mol. The summed E-state index contributed by atoms with van der Waals surface area (Å²) >= 11 is 0. The maximum Gasteiger partial charge on any atom is 0.387 e. The fraction of sp³-hybridized carbons (Fsp3) is 0.333. The first kappa shape index (κ1) is 11.4. The Balaban J connectivity index is 2.81. The van der Waals surface area contributed by atoms with Gasteiger partial charge >= 0.3 is 12.6 Å². The molecule has 0 aliphatic carbocycles. The molecule has 0 spiro atoms. The summed E-state index contributed by atoms with van der Waals surface area (Å²) in [7, 11) is 1.21. The molecular formula is C9H9F2NO3. The lowest BCUT2D eigenvalue weighted by atomic mass is 10.2. The van der Waals surface area contributed by atoms with E-state index in [0.29, 0.717) is 0 Å².